The molecule has 0 saturated heterocycles. The van der Waals surface area contributed by atoms with Crippen molar-refractivity contribution in [3.05, 3.63) is 35.4 Å². The topological polar surface area (TPSA) is 75.7 Å². The van der Waals surface area contributed by atoms with E-state index in [0.717, 1.165) is 12.0 Å². The molecule has 0 aliphatic carbocycles. The van der Waals surface area contributed by atoms with Crippen molar-refractivity contribution in [2.24, 2.45) is 5.92 Å². The van der Waals surface area contributed by atoms with Crippen molar-refractivity contribution in [3.63, 3.8) is 0 Å². The van der Waals surface area contributed by atoms with E-state index in [1.54, 1.807) is 12.1 Å². The van der Waals surface area contributed by atoms with Crippen LogP contribution in [-0.4, -0.2) is 49.9 Å². The molecule has 6 nitrogen and oxygen atoms in total. The maximum Gasteiger partial charge on any atom is 0.338 e. The summed E-state index contributed by atoms with van der Waals surface area (Å²) in [6.45, 7) is 3.79. The van der Waals surface area contributed by atoms with Crippen LogP contribution in [-0.2, 0) is 20.7 Å². The minimum absolute atomic E-state index is 0.0726. The number of ether oxygens (including phenoxy) is 1. The highest BCUT2D eigenvalue weighted by Gasteiger charge is 2.15. The Morgan fingerprint density at radius 3 is 2.30 bits per heavy atom. The van der Waals surface area contributed by atoms with Gasteiger partial charge in [0.05, 0.1) is 12.1 Å². The van der Waals surface area contributed by atoms with Crippen molar-refractivity contribution < 1.29 is 19.1 Å². The van der Waals surface area contributed by atoms with Crippen molar-refractivity contribution in [1.29, 1.82) is 0 Å². The molecule has 0 bridgehead atoms. The molecule has 2 amide bonds. The highest BCUT2D eigenvalue weighted by atomic mass is 16.5. The summed E-state index contributed by atoms with van der Waals surface area (Å²) >= 11 is 0. The normalized spacial score (nSPS) is 10.3. The van der Waals surface area contributed by atoms with Crippen LogP contribution in [0.5, 0.6) is 0 Å². The first kappa shape index (κ1) is 18.7. The molecule has 0 aromatic heterocycles. The van der Waals surface area contributed by atoms with Crippen molar-refractivity contribution in [2.75, 3.05) is 27.2 Å². The lowest BCUT2D eigenvalue weighted by Crippen LogP contribution is -2.39. The van der Waals surface area contributed by atoms with Gasteiger partial charge in [-0.1, -0.05) is 26.0 Å². The van der Waals surface area contributed by atoms with Gasteiger partial charge >= 0.3 is 5.97 Å². The zero-order valence-electron chi connectivity index (χ0n) is 14.1. The molecule has 0 heterocycles. The third-order valence-electron chi connectivity index (χ3n) is 3.25. The predicted octanol–water partition coefficient (Wildman–Crippen LogP) is 1.25. The maximum atomic E-state index is 11.9. The Bertz CT molecular complexity index is 552. The average molecular weight is 320 g/mol. The van der Waals surface area contributed by atoms with E-state index in [9.17, 15) is 14.4 Å². The van der Waals surface area contributed by atoms with Crippen LogP contribution in [0.4, 0.5) is 0 Å². The fraction of sp³-hybridized carbons (Fsp3) is 0.471. The summed E-state index contributed by atoms with van der Waals surface area (Å²) in [5, 5.41) is 2.42. The van der Waals surface area contributed by atoms with Crippen LogP contribution >= 0.6 is 0 Å². The summed E-state index contributed by atoms with van der Waals surface area (Å²) in [6, 6.07) is 7.16. The predicted molar refractivity (Wildman–Crippen MR) is 87.0 cm³/mol. The number of hydrogen-bond donors (Lipinski definition) is 1. The molecule has 0 atom stereocenters. The molecule has 126 valence electrons. The summed E-state index contributed by atoms with van der Waals surface area (Å²) in [7, 11) is 2.97. The molecule has 1 aromatic carbocycles. The number of benzene rings is 1. The Morgan fingerprint density at radius 1 is 1.17 bits per heavy atom. The van der Waals surface area contributed by atoms with Gasteiger partial charge < -0.3 is 15.0 Å². The number of nitrogens with one attached hydrogen (secondary N) is 1. The number of hydrogen-bond acceptors (Lipinski definition) is 4. The van der Waals surface area contributed by atoms with E-state index in [0.29, 0.717) is 11.5 Å². The van der Waals surface area contributed by atoms with Gasteiger partial charge in [-0.3, -0.25) is 9.59 Å². The second-order valence-corrected chi connectivity index (χ2v) is 5.79. The molecule has 0 unspecified atom stereocenters. The van der Waals surface area contributed by atoms with E-state index in [1.165, 1.54) is 19.0 Å². The lowest BCUT2D eigenvalue weighted by Gasteiger charge is -2.16. The molecule has 0 radical (unpaired) electrons. The molecule has 23 heavy (non-hydrogen) atoms. The van der Waals surface area contributed by atoms with Gasteiger partial charge in [-0.05, 0) is 30.0 Å². The van der Waals surface area contributed by atoms with E-state index in [-0.39, 0.29) is 19.1 Å². The van der Waals surface area contributed by atoms with E-state index < -0.39 is 11.9 Å². The molecule has 1 aromatic rings. The van der Waals surface area contributed by atoms with Gasteiger partial charge in [0.15, 0.2) is 6.61 Å². The largest absolute Gasteiger partial charge is 0.452 e. The van der Waals surface area contributed by atoms with Crippen LogP contribution in [0.1, 0.15) is 29.8 Å². The molecule has 6 heteroatoms. The lowest BCUT2D eigenvalue weighted by atomic mass is 10.0. The van der Waals surface area contributed by atoms with Crippen LogP contribution in [0.25, 0.3) is 0 Å². The lowest BCUT2D eigenvalue weighted by molar-refractivity contribution is -0.137. The number of likely N-dealkylation sites (N-methyl/N-ethyl adjacent to an activating group) is 2. The molecule has 0 spiro atoms. The molecule has 0 saturated carbocycles. The first-order valence-corrected chi connectivity index (χ1v) is 7.54. The van der Waals surface area contributed by atoms with Crippen molar-refractivity contribution in [3.8, 4) is 0 Å². The third-order valence-corrected chi connectivity index (χ3v) is 3.25. The van der Waals surface area contributed by atoms with Crippen LogP contribution in [0.2, 0.25) is 0 Å². The number of nitrogens with zero attached hydrogens (tertiary/aromatic N) is 1. The Hall–Kier alpha value is -2.37. The summed E-state index contributed by atoms with van der Waals surface area (Å²) in [5.74, 6) is -0.727. The van der Waals surface area contributed by atoms with Gasteiger partial charge in [0.2, 0.25) is 5.91 Å². The highest BCUT2D eigenvalue weighted by molar-refractivity contribution is 5.92. The number of rotatable bonds is 7. The Balaban J connectivity index is 2.50. The second-order valence-electron chi connectivity index (χ2n) is 5.79. The molecule has 0 aliphatic heterocycles. The molecular weight excluding hydrogens is 296 g/mol. The molecular formula is C17H24N2O4. The van der Waals surface area contributed by atoms with Crippen LogP contribution < -0.4 is 5.32 Å². The minimum Gasteiger partial charge on any atom is -0.452 e. The minimum atomic E-state index is -0.553. The average Bonchev–Trinajstić information content (AvgIpc) is 2.52. The fourth-order valence-electron chi connectivity index (χ4n) is 1.95. The van der Waals surface area contributed by atoms with E-state index in [2.05, 4.69) is 19.2 Å². The summed E-state index contributed by atoms with van der Waals surface area (Å²) < 4.78 is 4.99. The van der Waals surface area contributed by atoms with Gasteiger partial charge in [0.1, 0.15) is 0 Å². The van der Waals surface area contributed by atoms with Crippen LogP contribution in [0, 0.1) is 5.92 Å². The molecule has 0 aliphatic rings. The first-order chi connectivity index (χ1) is 10.8. The molecule has 1 N–H and O–H groups in total. The Kier molecular flexibility index (Phi) is 7.25. The van der Waals surface area contributed by atoms with E-state index in [1.807, 2.05) is 12.1 Å². The Morgan fingerprint density at radius 2 is 1.78 bits per heavy atom. The number of carbonyl (C=O) groups excluding carboxylic acids is 3. The first-order valence-electron chi connectivity index (χ1n) is 7.54. The highest BCUT2D eigenvalue weighted by Crippen LogP contribution is 2.10. The zero-order chi connectivity index (χ0) is 17.4. The number of amides is 2. The van der Waals surface area contributed by atoms with Gasteiger partial charge in [-0.25, -0.2) is 4.79 Å². The van der Waals surface area contributed by atoms with Gasteiger partial charge in [0.25, 0.3) is 5.91 Å². The smallest absolute Gasteiger partial charge is 0.338 e. The maximum absolute atomic E-state index is 11.9. The van der Waals surface area contributed by atoms with E-state index >= 15 is 0 Å². The van der Waals surface area contributed by atoms with Crippen LogP contribution in [0.3, 0.4) is 0 Å². The van der Waals surface area contributed by atoms with Crippen molar-refractivity contribution in [2.45, 2.75) is 20.3 Å². The second kappa shape index (κ2) is 8.92. The standard InChI is InChI=1S/C17H24N2O4/c1-12(2)9-13-5-7-14(8-6-13)17(22)23-11-16(21)19(4)10-15(20)18-3/h5-8,12H,9-11H2,1-4H3,(H,18,20). The molecule has 0 fully saturated rings. The summed E-state index contributed by atoms with van der Waals surface area (Å²) in [4.78, 5) is 36.1. The third kappa shape index (κ3) is 6.50. The molecule has 1 rings (SSSR count). The van der Waals surface area contributed by atoms with E-state index in [4.69, 9.17) is 4.74 Å². The number of carbonyl (C=O) groups is 3. The number of esters is 1. The van der Waals surface area contributed by atoms with Gasteiger partial charge in [0, 0.05) is 14.1 Å². The quantitative estimate of drug-likeness (QED) is 0.767. The zero-order valence-corrected chi connectivity index (χ0v) is 14.1. The monoisotopic (exact) mass is 320 g/mol. The SMILES string of the molecule is CNC(=O)CN(C)C(=O)COC(=O)c1ccc(CC(C)C)cc1. The van der Waals surface area contributed by atoms with Crippen LogP contribution in [0.15, 0.2) is 24.3 Å². The van der Waals surface area contributed by atoms with Gasteiger partial charge in [-0.2, -0.15) is 0 Å². The summed E-state index contributed by atoms with van der Waals surface area (Å²) in [6.07, 6.45) is 0.943. The Labute approximate surface area is 136 Å². The van der Waals surface area contributed by atoms with Gasteiger partial charge in [-0.15, -0.1) is 0 Å². The van der Waals surface area contributed by atoms with Crippen molar-refractivity contribution in [1.82, 2.24) is 10.2 Å². The summed E-state index contributed by atoms with van der Waals surface area (Å²) in [5.41, 5.74) is 1.55. The van der Waals surface area contributed by atoms with Crippen molar-refractivity contribution >= 4 is 17.8 Å². The fourth-order valence-corrected chi connectivity index (χ4v) is 1.95.